The first-order valence-electron chi connectivity index (χ1n) is 7.03. The minimum absolute atomic E-state index is 0.0229. The van der Waals surface area contributed by atoms with Gasteiger partial charge in [-0.15, -0.1) is 0 Å². The first-order chi connectivity index (χ1) is 9.97. The molecule has 1 aromatic rings. The molecule has 0 saturated heterocycles. The average molecular weight is 300 g/mol. The molecule has 0 radical (unpaired) electrons. The third-order valence-corrected chi connectivity index (χ3v) is 3.24. The summed E-state index contributed by atoms with van der Waals surface area (Å²) in [4.78, 5) is 10.5. The van der Waals surface area contributed by atoms with Crippen molar-refractivity contribution in [1.29, 1.82) is 0 Å². The van der Waals surface area contributed by atoms with E-state index >= 15 is 0 Å². The first-order valence-corrected chi connectivity index (χ1v) is 7.03. The van der Waals surface area contributed by atoms with Gasteiger partial charge in [-0.1, -0.05) is 0 Å². The number of aliphatic hydroxyl groups excluding tert-OH is 1. The second kappa shape index (κ2) is 8.71. The molecule has 8 heteroatoms. The van der Waals surface area contributed by atoms with E-state index in [1.54, 1.807) is 21.0 Å². The molecule has 21 heavy (non-hydrogen) atoms. The summed E-state index contributed by atoms with van der Waals surface area (Å²) in [5.74, 6) is 0. The average Bonchev–Trinajstić information content (AvgIpc) is 2.68. The highest BCUT2D eigenvalue weighted by Gasteiger charge is 2.22. The van der Waals surface area contributed by atoms with Crippen molar-refractivity contribution in [2.24, 2.45) is 0 Å². The van der Waals surface area contributed by atoms with Crippen LogP contribution in [0.5, 0.6) is 0 Å². The Morgan fingerprint density at radius 2 is 2.19 bits per heavy atom. The van der Waals surface area contributed by atoms with Gasteiger partial charge in [0, 0.05) is 20.3 Å². The summed E-state index contributed by atoms with van der Waals surface area (Å²) >= 11 is 0. The van der Waals surface area contributed by atoms with Gasteiger partial charge in [0.1, 0.15) is 11.4 Å². The summed E-state index contributed by atoms with van der Waals surface area (Å²) in [5.41, 5.74) is 0.864. The molecule has 0 saturated carbocycles. The Bertz CT molecular complexity index is 461. The van der Waals surface area contributed by atoms with Crippen LogP contribution in [-0.4, -0.2) is 52.7 Å². The molecule has 0 aliphatic rings. The maximum Gasteiger partial charge on any atom is 0.312 e. The third-order valence-electron chi connectivity index (χ3n) is 3.24. The van der Waals surface area contributed by atoms with Gasteiger partial charge in [0.15, 0.2) is 0 Å². The molecule has 1 rings (SSSR count). The fourth-order valence-corrected chi connectivity index (χ4v) is 2.16. The van der Waals surface area contributed by atoms with Crippen molar-refractivity contribution in [2.75, 3.05) is 26.8 Å². The number of aliphatic hydroxyl groups is 1. The summed E-state index contributed by atoms with van der Waals surface area (Å²) in [6, 6.07) is 0. The fraction of sp³-hybridized carbons (Fsp3) is 0.769. The van der Waals surface area contributed by atoms with Crippen LogP contribution >= 0.6 is 0 Å². The molecular formula is C13H24N4O4. The minimum Gasteiger partial charge on any atom is -0.390 e. The molecule has 0 fully saturated rings. The molecule has 0 bridgehead atoms. The highest BCUT2D eigenvalue weighted by atomic mass is 16.6. The quantitative estimate of drug-likeness (QED) is 0.376. The van der Waals surface area contributed by atoms with E-state index in [2.05, 4.69) is 10.4 Å². The summed E-state index contributed by atoms with van der Waals surface area (Å²) in [5, 5.41) is 28.1. The van der Waals surface area contributed by atoms with Gasteiger partial charge in [-0.05, 0) is 33.2 Å². The Morgan fingerprint density at radius 3 is 2.76 bits per heavy atom. The minimum atomic E-state index is -0.634. The number of hydrogen-bond donors (Lipinski definition) is 2. The number of nitrogens with one attached hydrogen (secondary N) is 1. The van der Waals surface area contributed by atoms with E-state index < -0.39 is 11.0 Å². The largest absolute Gasteiger partial charge is 0.390 e. The van der Waals surface area contributed by atoms with Gasteiger partial charge < -0.3 is 15.2 Å². The van der Waals surface area contributed by atoms with Crippen LogP contribution in [0.4, 0.5) is 5.69 Å². The summed E-state index contributed by atoms with van der Waals surface area (Å²) in [6.07, 6.45) is 1.32. The summed E-state index contributed by atoms with van der Waals surface area (Å²) in [6.45, 7) is 5.45. The van der Waals surface area contributed by atoms with E-state index in [9.17, 15) is 15.2 Å². The van der Waals surface area contributed by atoms with Crippen molar-refractivity contribution in [1.82, 2.24) is 15.1 Å². The Hall–Kier alpha value is -1.51. The predicted octanol–water partition coefficient (Wildman–Crippen LogP) is 0.785. The fourth-order valence-electron chi connectivity index (χ4n) is 2.16. The van der Waals surface area contributed by atoms with Crippen LogP contribution in [0.1, 0.15) is 24.2 Å². The van der Waals surface area contributed by atoms with Crippen LogP contribution in [0.2, 0.25) is 0 Å². The molecule has 0 aliphatic heterocycles. The second-order valence-electron chi connectivity index (χ2n) is 5.02. The Labute approximate surface area is 124 Å². The van der Waals surface area contributed by atoms with Crippen molar-refractivity contribution in [3.05, 3.63) is 21.5 Å². The maximum absolute atomic E-state index is 10.9. The molecular weight excluding hydrogens is 276 g/mol. The van der Waals surface area contributed by atoms with E-state index in [-0.39, 0.29) is 12.2 Å². The zero-order valence-corrected chi connectivity index (χ0v) is 12.8. The van der Waals surface area contributed by atoms with Gasteiger partial charge in [0.05, 0.1) is 17.6 Å². The van der Waals surface area contributed by atoms with E-state index in [1.807, 2.05) is 0 Å². The van der Waals surface area contributed by atoms with Crippen LogP contribution in [0.15, 0.2) is 0 Å². The monoisotopic (exact) mass is 300 g/mol. The van der Waals surface area contributed by atoms with Gasteiger partial charge >= 0.3 is 5.69 Å². The molecule has 0 aromatic carbocycles. The van der Waals surface area contributed by atoms with Crippen molar-refractivity contribution in [3.63, 3.8) is 0 Å². The normalized spacial score (nSPS) is 12.6. The van der Waals surface area contributed by atoms with E-state index in [1.165, 1.54) is 4.68 Å². The number of aryl methyl sites for hydroxylation is 1. The zero-order valence-electron chi connectivity index (χ0n) is 12.8. The van der Waals surface area contributed by atoms with Crippen molar-refractivity contribution < 1.29 is 14.8 Å². The van der Waals surface area contributed by atoms with Gasteiger partial charge in [0.2, 0.25) is 0 Å². The van der Waals surface area contributed by atoms with E-state index in [0.29, 0.717) is 17.9 Å². The highest BCUT2D eigenvalue weighted by molar-refractivity contribution is 5.39. The number of aromatic nitrogens is 2. The molecule has 2 N–H and O–H groups in total. The standard InChI is InChI=1S/C13H24N4O4/c1-10-13(17(19)20)11(2)16(15-10)9-12(18)8-14-6-4-5-7-21-3/h12,14,18H,4-9H2,1-3H3. The summed E-state index contributed by atoms with van der Waals surface area (Å²) in [7, 11) is 1.67. The first kappa shape index (κ1) is 17.5. The van der Waals surface area contributed by atoms with Crippen LogP contribution in [0.25, 0.3) is 0 Å². The molecule has 0 spiro atoms. The lowest BCUT2D eigenvalue weighted by molar-refractivity contribution is -0.386. The number of nitro groups is 1. The molecule has 1 aromatic heterocycles. The number of hydrogen-bond acceptors (Lipinski definition) is 6. The van der Waals surface area contributed by atoms with E-state index in [0.717, 1.165) is 26.0 Å². The van der Waals surface area contributed by atoms with E-state index in [4.69, 9.17) is 4.74 Å². The lowest BCUT2D eigenvalue weighted by atomic mass is 10.3. The maximum atomic E-state index is 10.9. The Morgan fingerprint density at radius 1 is 1.48 bits per heavy atom. The van der Waals surface area contributed by atoms with Crippen LogP contribution in [0, 0.1) is 24.0 Å². The number of nitrogens with zero attached hydrogens (tertiary/aromatic N) is 3. The van der Waals surface area contributed by atoms with Gasteiger partial charge in [-0.25, -0.2) is 0 Å². The second-order valence-corrected chi connectivity index (χ2v) is 5.02. The molecule has 1 heterocycles. The molecule has 0 amide bonds. The summed E-state index contributed by atoms with van der Waals surface area (Å²) < 4.78 is 6.44. The van der Waals surface area contributed by atoms with Gasteiger partial charge in [-0.3, -0.25) is 14.8 Å². The predicted molar refractivity (Wildman–Crippen MR) is 78.3 cm³/mol. The number of methoxy groups -OCH3 is 1. The number of unbranched alkanes of at least 4 members (excludes halogenated alkanes) is 1. The Kier molecular flexibility index (Phi) is 7.27. The van der Waals surface area contributed by atoms with Crippen molar-refractivity contribution in [3.8, 4) is 0 Å². The van der Waals surface area contributed by atoms with Crippen molar-refractivity contribution >= 4 is 5.69 Å². The topological polar surface area (TPSA) is 102 Å². The molecule has 1 atom stereocenters. The number of ether oxygens (including phenoxy) is 1. The molecule has 120 valence electrons. The van der Waals surface area contributed by atoms with Crippen molar-refractivity contribution in [2.45, 2.75) is 39.3 Å². The number of rotatable bonds is 10. The molecule has 1 unspecified atom stereocenters. The van der Waals surface area contributed by atoms with Crippen LogP contribution in [-0.2, 0) is 11.3 Å². The molecule has 0 aliphatic carbocycles. The van der Waals surface area contributed by atoms with Crippen LogP contribution in [0.3, 0.4) is 0 Å². The third kappa shape index (κ3) is 5.41. The molecule has 8 nitrogen and oxygen atoms in total. The zero-order chi connectivity index (χ0) is 15.8. The Balaban J connectivity index is 2.40. The SMILES string of the molecule is COCCCCNCC(O)Cn1nc(C)c([N+](=O)[O-])c1C. The smallest absolute Gasteiger partial charge is 0.312 e. The van der Waals surface area contributed by atoms with Crippen LogP contribution < -0.4 is 5.32 Å². The lowest BCUT2D eigenvalue weighted by Gasteiger charge is -2.12. The van der Waals surface area contributed by atoms with Gasteiger partial charge in [-0.2, -0.15) is 5.10 Å². The highest BCUT2D eigenvalue weighted by Crippen LogP contribution is 2.21. The van der Waals surface area contributed by atoms with Gasteiger partial charge in [0.25, 0.3) is 0 Å². The lowest BCUT2D eigenvalue weighted by Crippen LogP contribution is -2.31.